The molecule has 1 aliphatic heterocycles. The molecule has 196 valence electrons. The van der Waals surface area contributed by atoms with E-state index in [1.165, 1.54) is 6.07 Å². The first-order valence-electron chi connectivity index (χ1n) is 11.8. The minimum absolute atomic E-state index is 0.0521. The van der Waals surface area contributed by atoms with E-state index in [0.29, 0.717) is 12.4 Å². The van der Waals surface area contributed by atoms with Crippen molar-refractivity contribution in [3.8, 4) is 22.6 Å². The number of amides is 1. The minimum atomic E-state index is -3.66. The normalized spacial score (nSPS) is 14.3. The number of sulfonamides is 1. The number of pyridine rings is 1. The first-order chi connectivity index (χ1) is 17.8. The molecule has 0 spiro atoms. The number of piperazine rings is 1. The Kier molecular flexibility index (Phi) is 8.19. The Morgan fingerprint density at radius 1 is 1.03 bits per heavy atom. The van der Waals surface area contributed by atoms with Crippen molar-refractivity contribution in [3.05, 3.63) is 60.0 Å². The fourth-order valence-electron chi connectivity index (χ4n) is 4.09. The lowest BCUT2D eigenvalue weighted by molar-refractivity contribution is 0.0976. The number of carbonyl (C=O) groups is 1. The summed E-state index contributed by atoms with van der Waals surface area (Å²) in [5, 5.41) is 8.00. The number of carbonyl (C=O) groups excluding carboxylic acids is 1. The van der Waals surface area contributed by atoms with Crippen LogP contribution in [-0.2, 0) is 16.6 Å². The molecule has 37 heavy (non-hydrogen) atoms. The van der Waals surface area contributed by atoms with E-state index < -0.39 is 15.9 Å². The molecule has 0 unspecified atom stereocenters. The van der Waals surface area contributed by atoms with Crippen LogP contribution < -0.4 is 19.1 Å². The SMILES string of the molecule is CCOc1cncc(-c2ccc(CN3CCN(c4ccc(C(=O)NS(C)(=O)=O)nn4)CC3)c(OC)c2)c1. The van der Waals surface area contributed by atoms with E-state index in [1.807, 2.05) is 30.0 Å². The number of nitrogens with zero attached hydrogens (tertiary/aromatic N) is 5. The zero-order chi connectivity index (χ0) is 26.4. The van der Waals surface area contributed by atoms with E-state index in [-0.39, 0.29) is 5.69 Å². The van der Waals surface area contributed by atoms with Gasteiger partial charge in [0.2, 0.25) is 10.0 Å². The maximum Gasteiger partial charge on any atom is 0.285 e. The molecular weight excluding hydrogens is 496 g/mol. The lowest BCUT2D eigenvalue weighted by Crippen LogP contribution is -2.46. The summed E-state index contributed by atoms with van der Waals surface area (Å²) in [4.78, 5) is 20.6. The Balaban J connectivity index is 1.36. The number of hydrogen-bond acceptors (Lipinski definition) is 10. The number of nitrogens with one attached hydrogen (secondary N) is 1. The van der Waals surface area contributed by atoms with E-state index in [1.54, 1.807) is 19.4 Å². The van der Waals surface area contributed by atoms with Gasteiger partial charge >= 0.3 is 0 Å². The molecule has 1 aliphatic rings. The highest BCUT2D eigenvalue weighted by Crippen LogP contribution is 2.30. The van der Waals surface area contributed by atoms with Crippen molar-refractivity contribution in [2.45, 2.75) is 13.5 Å². The third kappa shape index (κ3) is 6.92. The van der Waals surface area contributed by atoms with Crippen molar-refractivity contribution < 1.29 is 22.7 Å². The molecule has 1 aromatic carbocycles. The molecule has 1 N–H and O–H groups in total. The molecule has 2 aromatic heterocycles. The summed E-state index contributed by atoms with van der Waals surface area (Å²) in [5.74, 6) is 1.39. The van der Waals surface area contributed by atoms with Gasteiger partial charge in [-0.3, -0.25) is 14.7 Å². The Morgan fingerprint density at radius 2 is 1.81 bits per heavy atom. The summed E-state index contributed by atoms with van der Waals surface area (Å²) in [7, 11) is -1.99. The van der Waals surface area contributed by atoms with Gasteiger partial charge in [-0.25, -0.2) is 13.1 Å². The summed E-state index contributed by atoms with van der Waals surface area (Å²) < 4.78 is 35.6. The maximum absolute atomic E-state index is 11.9. The van der Waals surface area contributed by atoms with Crippen LogP contribution in [0.3, 0.4) is 0 Å². The van der Waals surface area contributed by atoms with E-state index in [4.69, 9.17) is 9.47 Å². The van der Waals surface area contributed by atoms with Gasteiger partial charge in [-0.2, -0.15) is 0 Å². The topological polar surface area (TPSA) is 127 Å². The van der Waals surface area contributed by atoms with Gasteiger partial charge in [-0.15, -0.1) is 10.2 Å². The average Bonchev–Trinajstić information content (AvgIpc) is 2.89. The van der Waals surface area contributed by atoms with Crippen molar-refractivity contribution in [1.82, 2.24) is 24.8 Å². The number of aromatic nitrogens is 3. The Hall–Kier alpha value is -3.77. The van der Waals surface area contributed by atoms with Crippen molar-refractivity contribution in [3.63, 3.8) is 0 Å². The first-order valence-corrected chi connectivity index (χ1v) is 13.7. The molecule has 1 saturated heterocycles. The standard InChI is InChI=1S/C25H30N6O5S/c1-4-36-21-13-20(15-26-16-21)18-5-6-19(23(14-18)35-2)17-30-9-11-31(12-10-30)24-8-7-22(27-28-24)25(32)29-37(3,33)34/h5-8,13-16H,4,9-12,17H2,1-3H3,(H,29,32). The average molecular weight is 527 g/mol. The van der Waals surface area contributed by atoms with Crippen LogP contribution in [0.5, 0.6) is 11.5 Å². The van der Waals surface area contributed by atoms with Crippen LogP contribution in [0.15, 0.2) is 48.8 Å². The van der Waals surface area contributed by atoms with Gasteiger partial charge < -0.3 is 14.4 Å². The molecule has 1 fully saturated rings. The summed E-state index contributed by atoms with van der Waals surface area (Å²) in [6, 6.07) is 11.3. The number of rotatable bonds is 9. The van der Waals surface area contributed by atoms with Crippen LogP contribution in [-0.4, -0.2) is 80.6 Å². The van der Waals surface area contributed by atoms with Gasteiger partial charge in [-0.05, 0) is 36.8 Å². The predicted molar refractivity (Wildman–Crippen MR) is 139 cm³/mol. The van der Waals surface area contributed by atoms with E-state index in [9.17, 15) is 13.2 Å². The number of ether oxygens (including phenoxy) is 2. The van der Waals surface area contributed by atoms with Gasteiger partial charge in [0.15, 0.2) is 11.5 Å². The van der Waals surface area contributed by atoms with Crippen molar-refractivity contribution in [1.29, 1.82) is 0 Å². The highest BCUT2D eigenvalue weighted by molar-refractivity contribution is 7.89. The molecule has 0 saturated carbocycles. The van der Waals surface area contributed by atoms with Crippen LogP contribution in [0.25, 0.3) is 11.1 Å². The highest BCUT2D eigenvalue weighted by Gasteiger charge is 2.21. The van der Waals surface area contributed by atoms with Gasteiger partial charge in [0.25, 0.3) is 5.91 Å². The smallest absolute Gasteiger partial charge is 0.285 e. The van der Waals surface area contributed by atoms with Crippen LogP contribution in [0.1, 0.15) is 23.0 Å². The first kappa shape index (κ1) is 26.3. The predicted octanol–water partition coefficient (Wildman–Crippen LogP) is 1.96. The van der Waals surface area contributed by atoms with Crippen LogP contribution in [0.2, 0.25) is 0 Å². The third-order valence-corrected chi connectivity index (χ3v) is 6.45. The monoisotopic (exact) mass is 526 g/mol. The molecule has 0 bridgehead atoms. The Labute approximate surface area is 216 Å². The second-order valence-corrected chi connectivity index (χ2v) is 10.4. The van der Waals surface area contributed by atoms with Gasteiger partial charge in [0.05, 0.1) is 26.2 Å². The number of hydrogen-bond donors (Lipinski definition) is 1. The molecule has 0 aliphatic carbocycles. The van der Waals surface area contributed by atoms with Gasteiger partial charge in [0, 0.05) is 50.0 Å². The second-order valence-electron chi connectivity index (χ2n) is 8.61. The van der Waals surface area contributed by atoms with Crippen LogP contribution >= 0.6 is 0 Å². The fourth-order valence-corrected chi connectivity index (χ4v) is 4.53. The van der Waals surface area contributed by atoms with Crippen molar-refractivity contribution >= 4 is 21.7 Å². The molecule has 3 aromatic rings. The van der Waals surface area contributed by atoms with E-state index >= 15 is 0 Å². The largest absolute Gasteiger partial charge is 0.496 e. The fraction of sp³-hybridized carbons (Fsp3) is 0.360. The number of methoxy groups -OCH3 is 1. The molecule has 3 heterocycles. The molecule has 11 nitrogen and oxygen atoms in total. The maximum atomic E-state index is 11.9. The molecule has 1 amide bonds. The summed E-state index contributed by atoms with van der Waals surface area (Å²) in [6.45, 7) is 6.36. The molecule has 0 atom stereocenters. The summed E-state index contributed by atoms with van der Waals surface area (Å²) >= 11 is 0. The van der Waals surface area contributed by atoms with E-state index in [0.717, 1.165) is 67.2 Å². The van der Waals surface area contributed by atoms with Gasteiger partial charge in [-0.1, -0.05) is 12.1 Å². The number of benzene rings is 1. The lowest BCUT2D eigenvalue weighted by atomic mass is 10.0. The molecule has 12 heteroatoms. The quantitative estimate of drug-likeness (QED) is 0.442. The third-order valence-electron chi connectivity index (χ3n) is 5.90. The Bertz CT molecular complexity index is 1340. The lowest BCUT2D eigenvalue weighted by Gasteiger charge is -2.35. The molecular formula is C25H30N6O5S. The van der Waals surface area contributed by atoms with Crippen molar-refractivity contribution in [2.24, 2.45) is 0 Å². The summed E-state index contributed by atoms with van der Waals surface area (Å²) in [5.41, 5.74) is 3.01. The van der Waals surface area contributed by atoms with Crippen LogP contribution in [0, 0.1) is 0 Å². The highest BCUT2D eigenvalue weighted by atomic mass is 32.2. The molecule has 4 rings (SSSR count). The second kappa shape index (κ2) is 11.5. The number of anilines is 1. The zero-order valence-corrected chi connectivity index (χ0v) is 21.9. The van der Waals surface area contributed by atoms with Crippen molar-refractivity contribution in [2.75, 3.05) is 51.1 Å². The Morgan fingerprint density at radius 3 is 2.46 bits per heavy atom. The van der Waals surface area contributed by atoms with E-state index in [2.05, 4.69) is 37.1 Å². The minimum Gasteiger partial charge on any atom is -0.496 e. The van der Waals surface area contributed by atoms with Gasteiger partial charge in [0.1, 0.15) is 11.5 Å². The van der Waals surface area contributed by atoms with Crippen LogP contribution in [0.4, 0.5) is 5.82 Å². The summed E-state index contributed by atoms with van der Waals surface area (Å²) in [6.07, 6.45) is 4.42. The zero-order valence-electron chi connectivity index (χ0n) is 21.0. The molecule has 0 radical (unpaired) electrons.